The second-order valence-electron chi connectivity index (χ2n) is 3.86. The fraction of sp³-hybridized carbons (Fsp3) is 0.231. The molecule has 2 rings (SSSR count). The molecule has 0 fully saturated rings. The van der Waals surface area contributed by atoms with Gasteiger partial charge in [-0.25, -0.2) is 4.98 Å². The number of nitrogens with zero attached hydrogens (tertiary/aromatic N) is 3. The average Bonchev–Trinajstić information content (AvgIpc) is 2.90. The molecule has 0 aliphatic heterocycles. The SMILES string of the molecule is N#Cc1ccc(OC[C@@H](O)Cn2ccnc2)cc1. The largest absolute Gasteiger partial charge is 0.491 e. The number of aliphatic hydroxyl groups is 1. The van der Waals surface area contributed by atoms with E-state index >= 15 is 0 Å². The van der Waals surface area contributed by atoms with Crippen LogP contribution in [0.4, 0.5) is 0 Å². The van der Waals surface area contributed by atoms with Gasteiger partial charge in [0.05, 0.1) is 24.5 Å². The Morgan fingerprint density at radius 3 is 2.78 bits per heavy atom. The summed E-state index contributed by atoms with van der Waals surface area (Å²) in [4.78, 5) is 3.89. The monoisotopic (exact) mass is 243 g/mol. The molecule has 0 saturated carbocycles. The molecule has 0 spiro atoms. The lowest BCUT2D eigenvalue weighted by atomic mass is 10.2. The first-order valence-electron chi connectivity index (χ1n) is 5.54. The molecule has 92 valence electrons. The van der Waals surface area contributed by atoms with Crippen molar-refractivity contribution in [3.8, 4) is 11.8 Å². The molecule has 0 saturated heterocycles. The highest BCUT2D eigenvalue weighted by Crippen LogP contribution is 2.11. The van der Waals surface area contributed by atoms with Gasteiger partial charge in [0.2, 0.25) is 0 Å². The number of benzene rings is 1. The minimum absolute atomic E-state index is 0.198. The fourth-order valence-electron chi connectivity index (χ4n) is 1.51. The molecule has 0 aliphatic rings. The molecule has 0 aliphatic carbocycles. The van der Waals surface area contributed by atoms with Crippen molar-refractivity contribution in [1.82, 2.24) is 9.55 Å². The molecule has 0 radical (unpaired) electrons. The van der Waals surface area contributed by atoms with Crippen LogP contribution in [0.25, 0.3) is 0 Å². The minimum Gasteiger partial charge on any atom is -0.491 e. The minimum atomic E-state index is -0.602. The Kier molecular flexibility index (Phi) is 3.94. The molecule has 1 aromatic heterocycles. The van der Waals surface area contributed by atoms with Crippen molar-refractivity contribution in [1.29, 1.82) is 5.26 Å². The topological polar surface area (TPSA) is 71.1 Å². The van der Waals surface area contributed by atoms with Crippen LogP contribution < -0.4 is 4.74 Å². The molecule has 0 unspecified atom stereocenters. The molecule has 5 heteroatoms. The molecule has 18 heavy (non-hydrogen) atoms. The summed E-state index contributed by atoms with van der Waals surface area (Å²) in [5, 5.41) is 18.4. The van der Waals surface area contributed by atoms with E-state index in [4.69, 9.17) is 10.00 Å². The maximum Gasteiger partial charge on any atom is 0.119 e. The summed E-state index contributed by atoms with van der Waals surface area (Å²) in [5.41, 5.74) is 0.585. The van der Waals surface area contributed by atoms with Gasteiger partial charge >= 0.3 is 0 Å². The smallest absolute Gasteiger partial charge is 0.119 e. The lowest BCUT2D eigenvalue weighted by molar-refractivity contribution is 0.0925. The molecular weight excluding hydrogens is 230 g/mol. The van der Waals surface area contributed by atoms with E-state index in [0.717, 1.165) is 0 Å². The molecule has 0 amide bonds. The van der Waals surface area contributed by atoms with Gasteiger partial charge in [-0.3, -0.25) is 0 Å². The lowest BCUT2D eigenvalue weighted by Gasteiger charge is -2.12. The summed E-state index contributed by atoms with van der Waals surface area (Å²) in [7, 11) is 0. The van der Waals surface area contributed by atoms with Gasteiger partial charge in [0, 0.05) is 12.4 Å². The van der Waals surface area contributed by atoms with E-state index in [2.05, 4.69) is 4.98 Å². The predicted molar refractivity (Wildman–Crippen MR) is 64.9 cm³/mol. The molecule has 5 nitrogen and oxygen atoms in total. The number of ether oxygens (including phenoxy) is 1. The number of aromatic nitrogens is 2. The molecule has 1 N–H and O–H groups in total. The second-order valence-corrected chi connectivity index (χ2v) is 3.86. The summed E-state index contributed by atoms with van der Waals surface area (Å²) < 4.78 is 7.21. The highest BCUT2D eigenvalue weighted by atomic mass is 16.5. The Balaban J connectivity index is 1.81. The standard InChI is InChI=1S/C13H13N3O2/c14-7-11-1-3-13(4-2-11)18-9-12(17)8-16-6-5-15-10-16/h1-6,10,12,17H,8-9H2/t12-/m0/s1. The summed E-state index contributed by atoms with van der Waals surface area (Å²) in [5.74, 6) is 0.638. The lowest BCUT2D eigenvalue weighted by Crippen LogP contribution is -2.22. The second kappa shape index (κ2) is 5.84. The van der Waals surface area contributed by atoms with Crippen molar-refractivity contribution in [3.05, 3.63) is 48.5 Å². The third kappa shape index (κ3) is 3.34. The first kappa shape index (κ1) is 12.1. The summed E-state index contributed by atoms with van der Waals surface area (Å²) >= 11 is 0. The highest BCUT2D eigenvalue weighted by molar-refractivity contribution is 5.34. The molecule has 1 heterocycles. The zero-order valence-corrected chi connectivity index (χ0v) is 9.73. The van der Waals surface area contributed by atoms with Gasteiger partial charge in [0.1, 0.15) is 18.5 Å². The van der Waals surface area contributed by atoms with Gasteiger partial charge in [-0.1, -0.05) is 0 Å². The molecular formula is C13H13N3O2. The van der Waals surface area contributed by atoms with Crippen molar-refractivity contribution in [2.45, 2.75) is 12.6 Å². The summed E-state index contributed by atoms with van der Waals surface area (Å²) in [6.07, 6.45) is 4.49. The maximum absolute atomic E-state index is 9.76. The van der Waals surface area contributed by atoms with E-state index in [1.807, 2.05) is 6.07 Å². The van der Waals surface area contributed by atoms with E-state index in [0.29, 0.717) is 17.9 Å². The molecule has 0 bridgehead atoms. The Bertz CT molecular complexity index is 514. The normalized spacial score (nSPS) is 11.8. The van der Waals surface area contributed by atoms with Gasteiger partial charge in [0.25, 0.3) is 0 Å². The molecule has 2 aromatic rings. The van der Waals surface area contributed by atoms with Crippen molar-refractivity contribution in [3.63, 3.8) is 0 Å². The third-order valence-electron chi connectivity index (χ3n) is 2.41. The first-order valence-corrected chi connectivity index (χ1v) is 5.54. The van der Waals surface area contributed by atoms with Crippen LogP contribution in [0, 0.1) is 11.3 Å². The Morgan fingerprint density at radius 2 is 2.17 bits per heavy atom. The number of nitriles is 1. The van der Waals surface area contributed by atoms with Gasteiger partial charge in [-0.15, -0.1) is 0 Å². The van der Waals surface area contributed by atoms with E-state index in [1.54, 1.807) is 47.6 Å². The Labute approximate surface area is 105 Å². The third-order valence-corrected chi connectivity index (χ3v) is 2.41. The van der Waals surface area contributed by atoms with Crippen molar-refractivity contribution >= 4 is 0 Å². The Hall–Kier alpha value is -2.32. The summed E-state index contributed by atoms with van der Waals surface area (Å²) in [6.45, 7) is 0.639. The molecule has 1 atom stereocenters. The zero-order chi connectivity index (χ0) is 12.8. The van der Waals surface area contributed by atoms with Crippen LogP contribution in [0.5, 0.6) is 5.75 Å². The van der Waals surface area contributed by atoms with Gasteiger partial charge in [0.15, 0.2) is 0 Å². The predicted octanol–water partition coefficient (Wildman–Crippen LogP) is 1.19. The van der Waals surface area contributed by atoms with Crippen LogP contribution in [0.15, 0.2) is 43.0 Å². The van der Waals surface area contributed by atoms with E-state index in [9.17, 15) is 5.11 Å². The average molecular weight is 243 g/mol. The van der Waals surface area contributed by atoms with Crippen molar-refractivity contribution in [2.24, 2.45) is 0 Å². The number of rotatable bonds is 5. The van der Waals surface area contributed by atoms with Gasteiger partial charge in [-0.05, 0) is 24.3 Å². The van der Waals surface area contributed by atoms with Gasteiger partial charge in [-0.2, -0.15) is 5.26 Å². The fourth-order valence-corrected chi connectivity index (χ4v) is 1.51. The van der Waals surface area contributed by atoms with Crippen LogP contribution in [0.1, 0.15) is 5.56 Å². The molecule has 1 aromatic carbocycles. The van der Waals surface area contributed by atoms with E-state index in [-0.39, 0.29) is 6.61 Å². The van der Waals surface area contributed by atoms with Crippen LogP contribution in [0.2, 0.25) is 0 Å². The quantitative estimate of drug-likeness (QED) is 0.856. The van der Waals surface area contributed by atoms with Crippen LogP contribution in [-0.2, 0) is 6.54 Å². The number of aliphatic hydroxyl groups excluding tert-OH is 1. The van der Waals surface area contributed by atoms with Crippen LogP contribution in [0.3, 0.4) is 0 Å². The van der Waals surface area contributed by atoms with Gasteiger partial charge < -0.3 is 14.4 Å². The van der Waals surface area contributed by atoms with E-state index < -0.39 is 6.10 Å². The highest BCUT2D eigenvalue weighted by Gasteiger charge is 2.06. The number of imidazole rings is 1. The van der Waals surface area contributed by atoms with Crippen molar-refractivity contribution in [2.75, 3.05) is 6.61 Å². The number of hydrogen-bond donors (Lipinski definition) is 1. The van der Waals surface area contributed by atoms with Crippen molar-refractivity contribution < 1.29 is 9.84 Å². The zero-order valence-electron chi connectivity index (χ0n) is 9.73. The Morgan fingerprint density at radius 1 is 1.39 bits per heavy atom. The van der Waals surface area contributed by atoms with E-state index in [1.165, 1.54) is 0 Å². The summed E-state index contributed by atoms with van der Waals surface area (Å²) in [6, 6.07) is 8.81. The van der Waals surface area contributed by atoms with Crippen LogP contribution >= 0.6 is 0 Å². The maximum atomic E-state index is 9.76. The van der Waals surface area contributed by atoms with Crippen LogP contribution in [-0.4, -0.2) is 27.4 Å². The number of hydrogen-bond acceptors (Lipinski definition) is 4. The first-order chi connectivity index (χ1) is 8.78.